The molecule has 1 spiro atoms. The summed E-state index contributed by atoms with van der Waals surface area (Å²) >= 11 is 0. The number of benzene rings is 1. The number of carbonyl (C=O) groups excluding carboxylic acids is 4. The molecule has 0 unspecified atom stereocenters. The summed E-state index contributed by atoms with van der Waals surface area (Å²) in [4.78, 5) is 57.8. The third-order valence-electron chi connectivity index (χ3n) is 8.50. The summed E-state index contributed by atoms with van der Waals surface area (Å²) in [6.07, 6.45) is 7.44. The number of esters is 1. The van der Waals surface area contributed by atoms with Crippen LogP contribution in [0.1, 0.15) is 43.7 Å². The topological polar surface area (TPSA) is 125 Å². The second-order valence-corrected chi connectivity index (χ2v) is 11.5. The van der Waals surface area contributed by atoms with Gasteiger partial charge in [-0.25, -0.2) is 0 Å². The summed E-state index contributed by atoms with van der Waals surface area (Å²) in [7, 11) is 0. The van der Waals surface area contributed by atoms with Crippen LogP contribution in [0.2, 0.25) is 0 Å². The van der Waals surface area contributed by atoms with E-state index in [-0.39, 0.29) is 50.4 Å². The first kappa shape index (κ1) is 29.0. The number of likely N-dealkylation sites (tertiary alicyclic amines) is 1. The Kier molecular flexibility index (Phi) is 8.33. The van der Waals surface area contributed by atoms with Gasteiger partial charge in [0.1, 0.15) is 23.7 Å². The van der Waals surface area contributed by atoms with Gasteiger partial charge in [-0.3, -0.25) is 19.2 Å². The van der Waals surface area contributed by atoms with Crippen LogP contribution in [0.3, 0.4) is 0 Å². The van der Waals surface area contributed by atoms with Gasteiger partial charge in [0.05, 0.1) is 18.6 Å². The van der Waals surface area contributed by atoms with E-state index in [0.717, 1.165) is 16.8 Å². The number of anilines is 1. The highest BCUT2D eigenvalue weighted by Crippen LogP contribution is 2.53. The van der Waals surface area contributed by atoms with Crippen molar-refractivity contribution in [2.24, 2.45) is 11.8 Å². The maximum atomic E-state index is 14.5. The fourth-order valence-electron chi connectivity index (χ4n) is 6.52. The van der Waals surface area contributed by atoms with Crippen molar-refractivity contribution in [2.75, 3.05) is 31.1 Å². The number of nitrogens with one attached hydrogen (secondary N) is 1. The number of allylic oxidation sites excluding steroid dienone is 1. The highest BCUT2D eigenvalue weighted by molar-refractivity contribution is 6.06. The number of cyclic esters (lactones) is 1. The van der Waals surface area contributed by atoms with Crippen LogP contribution in [0, 0.1) is 25.7 Å². The van der Waals surface area contributed by atoms with Crippen LogP contribution in [0.5, 0.6) is 0 Å². The summed E-state index contributed by atoms with van der Waals surface area (Å²) in [5.41, 5.74) is 1.32. The highest BCUT2D eigenvalue weighted by atomic mass is 16.6. The Morgan fingerprint density at radius 2 is 1.90 bits per heavy atom. The Labute approximate surface area is 240 Å². The van der Waals surface area contributed by atoms with Crippen LogP contribution >= 0.6 is 0 Å². The van der Waals surface area contributed by atoms with Crippen molar-refractivity contribution in [1.29, 1.82) is 0 Å². The number of nitrogens with zero attached hydrogens (tertiary/aromatic N) is 2. The van der Waals surface area contributed by atoms with Crippen LogP contribution < -0.4 is 10.2 Å². The van der Waals surface area contributed by atoms with Crippen LogP contribution in [0.15, 0.2) is 42.5 Å². The van der Waals surface area contributed by atoms with Gasteiger partial charge in [0.15, 0.2) is 0 Å². The van der Waals surface area contributed by atoms with Crippen LogP contribution in [-0.4, -0.2) is 83.8 Å². The first-order valence-corrected chi connectivity index (χ1v) is 14.5. The van der Waals surface area contributed by atoms with E-state index in [9.17, 15) is 24.3 Å². The number of unbranched alkanes of at least 4 members (excludes halogenated alkanes) is 1. The van der Waals surface area contributed by atoms with Crippen LogP contribution in [0.4, 0.5) is 5.69 Å². The zero-order valence-electron chi connectivity index (χ0n) is 23.9. The smallest absolute Gasteiger partial charge is 0.313 e. The van der Waals surface area contributed by atoms with Gasteiger partial charge in [-0.2, -0.15) is 0 Å². The number of aliphatic hydroxyl groups is 1. The predicted octanol–water partition coefficient (Wildman–Crippen LogP) is 1.96. The van der Waals surface area contributed by atoms with Crippen molar-refractivity contribution in [3.63, 3.8) is 0 Å². The molecule has 10 heteroatoms. The molecule has 1 aromatic carbocycles. The van der Waals surface area contributed by atoms with Gasteiger partial charge in [-0.1, -0.05) is 36.4 Å². The number of amides is 3. The first-order chi connectivity index (χ1) is 19.7. The van der Waals surface area contributed by atoms with Crippen molar-refractivity contribution in [1.82, 2.24) is 10.2 Å². The molecule has 4 aliphatic rings. The molecule has 0 aliphatic carbocycles. The fourth-order valence-corrected chi connectivity index (χ4v) is 6.52. The molecule has 0 aromatic heterocycles. The van der Waals surface area contributed by atoms with Gasteiger partial charge in [0.25, 0.3) is 5.91 Å². The fraction of sp³-hybridized carbons (Fsp3) is 0.548. The predicted molar refractivity (Wildman–Crippen MR) is 151 cm³/mol. The molecule has 0 saturated carbocycles. The maximum absolute atomic E-state index is 14.5. The molecule has 0 bridgehead atoms. The largest absolute Gasteiger partial charge is 0.460 e. The second-order valence-electron chi connectivity index (χ2n) is 11.5. The molecule has 2 N–H and O–H groups in total. The summed E-state index contributed by atoms with van der Waals surface area (Å²) in [6.45, 7) is 6.27. The van der Waals surface area contributed by atoms with Crippen molar-refractivity contribution < 1.29 is 33.8 Å². The summed E-state index contributed by atoms with van der Waals surface area (Å²) < 4.78 is 12.4. The van der Waals surface area contributed by atoms with Gasteiger partial charge in [-0.15, -0.1) is 0 Å². The lowest BCUT2D eigenvalue weighted by atomic mass is 9.78. The van der Waals surface area contributed by atoms with E-state index in [1.165, 1.54) is 0 Å². The molecule has 3 amide bonds. The molecule has 10 nitrogen and oxygen atoms in total. The Bertz CT molecular complexity index is 1280. The van der Waals surface area contributed by atoms with Gasteiger partial charge in [0, 0.05) is 31.8 Å². The normalized spacial score (nSPS) is 32.7. The van der Waals surface area contributed by atoms with E-state index >= 15 is 0 Å². The van der Waals surface area contributed by atoms with Crippen LogP contribution in [-0.2, 0) is 28.7 Å². The maximum Gasteiger partial charge on any atom is 0.313 e. The highest BCUT2D eigenvalue weighted by Gasteiger charge is 2.71. The molecule has 41 heavy (non-hydrogen) atoms. The molecule has 4 heterocycles. The molecule has 220 valence electrons. The lowest BCUT2D eigenvalue weighted by molar-refractivity contribution is -0.158. The number of aliphatic hydroxyl groups excluding tert-OH is 1. The molecular weight excluding hydrogens is 526 g/mol. The molecular formula is C31H39N3O7. The number of hydrogen-bond acceptors (Lipinski definition) is 7. The Morgan fingerprint density at radius 3 is 2.68 bits per heavy atom. The number of fused-ring (bicyclic) bond motifs is 2. The standard InChI is InChI=1S/C31H39N3O7/c1-19-11-12-20(2)22(17-19)33-15-8-13-31-26(28(37)34(14-6-7-16-35)27(31)29(33)38)25-23(41-31)9-4-5-10-24(36)32-18-21(3)40-30(25)39/h4,8-9,11-13,17,21,23,25-27,35H,5-7,10,14-16,18H2,1-3H3,(H,32,36)/b9-4-/t21-,23-,25+,26+,27-,31+/m1/s1. The van der Waals surface area contributed by atoms with Gasteiger partial charge in [-0.05, 0) is 57.2 Å². The van der Waals surface area contributed by atoms with Crippen molar-refractivity contribution >= 4 is 29.4 Å². The van der Waals surface area contributed by atoms with Crippen LogP contribution in [0.25, 0.3) is 0 Å². The minimum atomic E-state index is -1.38. The van der Waals surface area contributed by atoms with Gasteiger partial charge >= 0.3 is 5.97 Å². The van der Waals surface area contributed by atoms with E-state index in [2.05, 4.69) is 5.32 Å². The molecule has 2 saturated heterocycles. The third-order valence-corrected chi connectivity index (χ3v) is 8.50. The number of ether oxygens (including phenoxy) is 2. The first-order valence-electron chi connectivity index (χ1n) is 14.5. The third kappa shape index (κ3) is 5.30. The monoisotopic (exact) mass is 565 g/mol. The van der Waals surface area contributed by atoms with Gasteiger partial charge < -0.3 is 29.7 Å². The molecule has 6 atom stereocenters. The molecule has 0 radical (unpaired) electrons. The second kappa shape index (κ2) is 11.8. The quantitative estimate of drug-likeness (QED) is 0.318. The van der Waals surface area contributed by atoms with Crippen molar-refractivity contribution in [3.05, 3.63) is 53.6 Å². The molecule has 4 aliphatic heterocycles. The average Bonchev–Trinajstić information content (AvgIpc) is 3.31. The minimum Gasteiger partial charge on any atom is -0.460 e. The molecule has 1 aromatic rings. The number of rotatable bonds is 5. The molecule has 5 rings (SSSR count). The minimum absolute atomic E-state index is 0.0313. The SMILES string of the molecule is Cc1ccc(C)c(N2CC=C[C@]34O[C@@H]5/C=C\CCC(=O)NC[C@@H](C)OC(=O)[C@@H]5[C@H]3C(=O)N(CCCCO)[C@@H]4C2=O)c1. The summed E-state index contributed by atoms with van der Waals surface area (Å²) in [5.74, 6) is -3.28. The Hall–Kier alpha value is -3.50. The lowest BCUT2D eigenvalue weighted by Crippen LogP contribution is -2.55. The number of aryl methyl sites for hydroxylation is 2. The van der Waals surface area contributed by atoms with E-state index in [1.807, 2.05) is 38.1 Å². The van der Waals surface area contributed by atoms with E-state index in [1.54, 1.807) is 35.0 Å². The average molecular weight is 566 g/mol. The van der Waals surface area contributed by atoms with E-state index in [4.69, 9.17) is 9.47 Å². The van der Waals surface area contributed by atoms with Crippen molar-refractivity contribution in [3.8, 4) is 0 Å². The Morgan fingerprint density at radius 1 is 1.10 bits per heavy atom. The summed E-state index contributed by atoms with van der Waals surface area (Å²) in [6, 6.07) is 4.92. The zero-order valence-corrected chi connectivity index (χ0v) is 23.9. The van der Waals surface area contributed by atoms with Gasteiger partial charge in [0.2, 0.25) is 11.8 Å². The van der Waals surface area contributed by atoms with Crippen molar-refractivity contribution in [2.45, 2.75) is 70.3 Å². The number of carbonyl (C=O) groups is 4. The van der Waals surface area contributed by atoms with E-state index in [0.29, 0.717) is 19.3 Å². The van der Waals surface area contributed by atoms with E-state index < -0.39 is 41.7 Å². The lowest BCUT2D eigenvalue weighted by Gasteiger charge is -2.35. The Balaban J connectivity index is 1.59. The zero-order chi connectivity index (χ0) is 29.3. The molecule has 2 fully saturated rings. The number of hydrogen-bond donors (Lipinski definition) is 2. The summed E-state index contributed by atoms with van der Waals surface area (Å²) in [5, 5.41) is 12.2.